The molecule has 0 aliphatic carbocycles. The molecule has 1 aromatic carbocycles. The van der Waals surface area contributed by atoms with Gasteiger partial charge in [0, 0.05) is 6.61 Å². The lowest BCUT2D eigenvalue weighted by atomic mass is 10.0. The van der Waals surface area contributed by atoms with Crippen LogP contribution in [0.25, 0.3) is 0 Å². The summed E-state index contributed by atoms with van der Waals surface area (Å²) in [6.07, 6.45) is -0.892. The van der Waals surface area contributed by atoms with Crippen LogP contribution in [0.2, 0.25) is 0 Å². The molecule has 0 unspecified atom stereocenters. The first-order chi connectivity index (χ1) is 8.31. The van der Waals surface area contributed by atoms with Gasteiger partial charge in [0.1, 0.15) is 12.2 Å². The van der Waals surface area contributed by atoms with Gasteiger partial charge >= 0.3 is 0 Å². The molecule has 3 atom stereocenters. The van der Waals surface area contributed by atoms with Gasteiger partial charge in [0.25, 0.3) is 0 Å². The first-order valence-corrected chi connectivity index (χ1v) is 5.87. The molecule has 0 aromatic heterocycles. The lowest BCUT2D eigenvalue weighted by Crippen LogP contribution is -2.47. The van der Waals surface area contributed by atoms with E-state index >= 15 is 0 Å². The predicted octanol–water partition coefficient (Wildman–Crippen LogP) is 0.714. The van der Waals surface area contributed by atoms with Gasteiger partial charge in [0.05, 0.1) is 19.3 Å². The van der Waals surface area contributed by atoms with E-state index in [4.69, 9.17) is 14.6 Å². The number of benzene rings is 1. The van der Waals surface area contributed by atoms with E-state index < -0.39 is 18.3 Å². The van der Waals surface area contributed by atoms with E-state index in [1.165, 1.54) is 0 Å². The molecule has 2 rings (SSSR count). The van der Waals surface area contributed by atoms with Crippen molar-refractivity contribution in [3.8, 4) is 0 Å². The zero-order valence-corrected chi connectivity index (χ0v) is 9.66. The first kappa shape index (κ1) is 12.5. The Kier molecular flexibility index (Phi) is 4.50. The van der Waals surface area contributed by atoms with Crippen LogP contribution in [-0.4, -0.2) is 41.7 Å². The second-order valence-corrected chi connectivity index (χ2v) is 4.21. The molecule has 0 bridgehead atoms. The molecule has 1 heterocycles. The van der Waals surface area contributed by atoms with Crippen LogP contribution in [0, 0.1) is 0 Å². The first-order valence-electron chi connectivity index (χ1n) is 5.87. The van der Waals surface area contributed by atoms with Gasteiger partial charge in [0.2, 0.25) is 0 Å². The molecule has 1 aliphatic heterocycles. The fourth-order valence-corrected chi connectivity index (χ4v) is 1.99. The molecule has 1 aliphatic rings. The highest BCUT2D eigenvalue weighted by Crippen LogP contribution is 2.19. The van der Waals surface area contributed by atoms with Gasteiger partial charge in [-0.25, -0.2) is 0 Å². The lowest BCUT2D eigenvalue weighted by Gasteiger charge is -2.34. The maximum atomic E-state index is 9.83. The summed E-state index contributed by atoms with van der Waals surface area (Å²) in [4.78, 5) is 0. The van der Waals surface area contributed by atoms with Crippen LogP contribution in [0.15, 0.2) is 30.3 Å². The monoisotopic (exact) mass is 238 g/mol. The second-order valence-electron chi connectivity index (χ2n) is 4.21. The summed E-state index contributed by atoms with van der Waals surface area (Å²) in [5.41, 5.74) is 1.04. The zero-order chi connectivity index (χ0) is 12.1. The number of hydrogen-bond donors (Lipinski definition) is 2. The third-order valence-electron chi connectivity index (χ3n) is 2.96. The molecule has 0 radical (unpaired) electrons. The van der Waals surface area contributed by atoms with Gasteiger partial charge in [-0.05, 0) is 12.0 Å². The maximum Gasteiger partial charge on any atom is 0.112 e. The van der Waals surface area contributed by atoms with Crippen molar-refractivity contribution < 1.29 is 19.7 Å². The highest BCUT2D eigenvalue weighted by atomic mass is 16.6. The van der Waals surface area contributed by atoms with Crippen molar-refractivity contribution in [2.24, 2.45) is 0 Å². The minimum atomic E-state index is -0.565. The lowest BCUT2D eigenvalue weighted by molar-refractivity contribution is -0.174. The van der Waals surface area contributed by atoms with E-state index in [9.17, 15) is 5.11 Å². The average molecular weight is 238 g/mol. The molecule has 94 valence electrons. The molecule has 4 heteroatoms. The van der Waals surface area contributed by atoms with Gasteiger partial charge in [0.15, 0.2) is 0 Å². The molecular formula is C13H18O4. The molecule has 1 aromatic rings. The molecule has 0 spiro atoms. The summed E-state index contributed by atoms with van der Waals surface area (Å²) < 4.78 is 11.0. The highest BCUT2D eigenvalue weighted by Gasteiger charge is 2.33. The molecule has 4 nitrogen and oxygen atoms in total. The summed E-state index contributed by atoms with van der Waals surface area (Å²) >= 11 is 0. The quantitative estimate of drug-likeness (QED) is 0.811. The standard InChI is InChI=1S/C13H18O4/c14-8-12-13(11(15)6-7-16-12)17-9-10-4-2-1-3-5-10/h1-5,11-15H,6-9H2/t11-,12-,13-/m1/s1. The SMILES string of the molecule is OC[C@H]1OCC[C@@H](O)[C@H]1OCc1ccccc1. The van der Waals surface area contributed by atoms with E-state index in [1.54, 1.807) is 0 Å². The molecule has 17 heavy (non-hydrogen) atoms. The van der Waals surface area contributed by atoms with Crippen LogP contribution in [0.5, 0.6) is 0 Å². The average Bonchev–Trinajstić information content (AvgIpc) is 2.38. The van der Waals surface area contributed by atoms with Crippen LogP contribution in [0.4, 0.5) is 0 Å². The minimum Gasteiger partial charge on any atom is -0.394 e. The summed E-state index contributed by atoms with van der Waals surface area (Å²) in [6.45, 7) is 0.760. The molecule has 0 saturated carbocycles. The van der Waals surface area contributed by atoms with Crippen molar-refractivity contribution >= 4 is 0 Å². The van der Waals surface area contributed by atoms with Gasteiger partial charge in [-0.2, -0.15) is 0 Å². The summed E-state index contributed by atoms with van der Waals surface area (Å²) in [5, 5.41) is 19.0. The van der Waals surface area contributed by atoms with Gasteiger partial charge < -0.3 is 19.7 Å². The Bertz CT molecular complexity index is 327. The topological polar surface area (TPSA) is 58.9 Å². The van der Waals surface area contributed by atoms with Crippen molar-refractivity contribution in [2.45, 2.75) is 31.3 Å². The Balaban J connectivity index is 1.92. The smallest absolute Gasteiger partial charge is 0.112 e. The largest absolute Gasteiger partial charge is 0.394 e. The second kappa shape index (κ2) is 6.12. The number of hydrogen-bond acceptors (Lipinski definition) is 4. The number of ether oxygens (including phenoxy) is 2. The summed E-state index contributed by atoms with van der Waals surface area (Å²) in [6, 6.07) is 9.75. The number of aliphatic hydroxyl groups excluding tert-OH is 2. The van der Waals surface area contributed by atoms with Crippen molar-refractivity contribution in [1.82, 2.24) is 0 Å². The van der Waals surface area contributed by atoms with Crippen molar-refractivity contribution in [3.05, 3.63) is 35.9 Å². The summed E-state index contributed by atoms with van der Waals surface area (Å²) in [5.74, 6) is 0. The fourth-order valence-electron chi connectivity index (χ4n) is 1.99. The Morgan fingerprint density at radius 1 is 1.29 bits per heavy atom. The number of rotatable bonds is 4. The van der Waals surface area contributed by atoms with E-state index in [2.05, 4.69) is 0 Å². The predicted molar refractivity (Wildman–Crippen MR) is 62.5 cm³/mol. The van der Waals surface area contributed by atoms with Crippen molar-refractivity contribution in [1.29, 1.82) is 0 Å². The zero-order valence-electron chi connectivity index (χ0n) is 9.66. The van der Waals surface area contributed by atoms with E-state index in [0.717, 1.165) is 5.56 Å². The molecular weight excluding hydrogens is 220 g/mol. The molecule has 0 amide bonds. The number of aliphatic hydroxyl groups is 2. The highest BCUT2D eigenvalue weighted by molar-refractivity contribution is 5.13. The molecule has 1 saturated heterocycles. The maximum absolute atomic E-state index is 9.83. The van der Waals surface area contributed by atoms with E-state index in [-0.39, 0.29) is 6.61 Å². The van der Waals surface area contributed by atoms with Crippen LogP contribution < -0.4 is 0 Å². The summed E-state index contributed by atoms with van der Waals surface area (Å²) in [7, 11) is 0. The minimum absolute atomic E-state index is 0.128. The van der Waals surface area contributed by atoms with Crippen LogP contribution in [-0.2, 0) is 16.1 Å². The Morgan fingerprint density at radius 2 is 2.06 bits per heavy atom. The fraction of sp³-hybridized carbons (Fsp3) is 0.538. The van der Waals surface area contributed by atoms with Gasteiger partial charge in [-0.15, -0.1) is 0 Å². The van der Waals surface area contributed by atoms with Crippen LogP contribution >= 0.6 is 0 Å². The van der Waals surface area contributed by atoms with E-state index in [0.29, 0.717) is 19.6 Å². The molecule has 2 N–H and O–H groups in total. The Labute approximate surface area is 101 Å². The van der Waals surface area contributed by atoms with Crippen molar-refractivity contribution in [3.63, 3.8) is 0 Å². The van der Waals surface area contributed by atoms with Crippen LogP contribution in [0.1, 0.15) is 12.0 Å². The van der Waals surface area contributed by atoms with E-state index in [1.807, 2.05) is 30.3 Å². The Hall–Kier alpha value is -0.940. The van der Waals surface area contributed by atoms with Gasteiger partial charge in [-0.1, -0.05) is 30.3 Å². The third kappa shape index (κ3) is 3.26. The third-order valence-corrected chi connectivity index (χ3v) is 2.96. The Morgan fingerprint density at radius 3 is 2.76 bits per heavy atom. The van der Waals surface area contributed by atoms with Crippen molar-refractivity contribution in [2.75, 3.05) is 13.2 Å². The van der Waals surface area contributed by atoms with Gasteiger partial charge in [-0.3, -0.25) is 0 Å². The molecule has 1 fully saturated rings. The van der Waals surface area contributed by atoms with Crippen LogP contribution in [0.3, 0.4) is 0 Å². The normalized spacial score (nSPS) is 29.2.